The largest absolute Gasteiger partial charge is 0.503 e. The molecule has 28 heavy (non-hydrogen) atoms. The number of hydrogen-bond donors (Lipinski definition) is 2. The minimum atomic E-state index is -0.662. The zero-order valence-corrected chi connectivity index (χ0v) is 17.0. The summed E-state index contributed by atoms with van der Waals surface area (Å²) in [6.45, 7) is 2.35. The monoisotopic (exact) mass is 428 g/mol. The third-order valence-electron chi connectivity index (χ3n) is 4.20. The van der Waals surface area contributed by atoms with Crippen LogP contribution in [0.2, 0.25) is 10.0 Å². The quantitative estimate of drug-likeness (QED) is 0.465. The summed E-state index contributed by atoms with van der Waals surface area (Å²) in [5.41, 5.74) is 0.996. The number of aryl methyl sites for hydroxylation is 1. The second-order valence-electron chi connectivity index (χ2n) is 6.22. The molecule has 0 bridgehead atoms. The van der Waals surface area contributed by atoms with Gasteiger partial charge < -0.3 is 20.1 Å². The van der Waals surface area contributed by atoms with E-state index in [1.165, 1.54) is 4.90 Å². The van der Waals surface area contributed by atoms with Crippen molar-refractivity contribution in [2.45, 2.75) is 26.2 Å². The van der Waals surface area contributed by atoms with Gasteiger partial charge in [0.15, 0.2) is 5.76 Å². The first-order valence-corrected chi connectivity index (χ1v) is 9.68. The van der Waals surface area contributed by atoms with E-state index >= 15 is 0 Å². The second-order valence-corrected chi connectivity index (χ2v) is 7.03. The Morgan fingerprint density at radius 3 is 2.71 bits per heavy atom. The van der Waals surface area contributed by atoms with E-state index in [4.69, 9.17) is 27.9 Å². The fraction of sp³-hybridized carbons (Fsp3) is 0.421. The van der Waals surface area contributed by atoms with Crippen LogP contribution in [0.1, 0.15) is 25.3 Å². The number of nitrogens with zero attached hydrogens (tertiary/aromatic N) is 1. The fourth-order valence-corrected chi connectivity index (χ4v) is 3.05. The number of carbonyl (C=O) groups excluding carboxylic acids is 3. The molecule has 9 heteroatoms. The molecule has 0 atom stereocenters. The molecule has 0 radical (unpaired) electrons. The zero-order valence-electron chi connectivity index (χ0n) is 15.5. The highest BCUT2D eigenvalue weighted by molar-refractivity contribution is 6.42. The average molecular weight is 429 g/mol. The number of benzene rings is 1. The van der Waals surface area contributed by atoms with Crippen molar-refractivity contribution in [3.63, 3.8) is 0 Å². The molecule has 0 fully saturated rings. The van der Waals surface area contributed by atoms with E-state index in [0.717, 1.165) is 5.56 Å². The van der Waals surface area contributed by atoms with Crippen molar-refractivity contribution >= 4 is 41.0 Å². The predicted molar refractivity (Wildman–Crippen MR) is 105 cm³/mol. The number of hydrogen-bond acceptors (Lipinski definition) is 5. The molecule has 7 nitrogen and oxygen atoms in total. The summed E-state index contributed by atoms with van der Waals surface area (Å²) in [6, 6.07) is 5.36. The Morgan fingerprint density at radius 2 is 2.04 bits per heavy atom. The Labute approximate surface area is 173 Å². The molecule has 1 aromatic carbocycles. The van der Waals surface area contributed by atoms with Gasteiger partial charge in [0.2, 0.25) is 0 Å². The number of carbonyl (C=O) groups is 3. The zero-order chi connectivity index (χ0) is 20.7. The van der Waals surface area contributed by atoms with Gasteiger partial charge in [0.1, 0.15) is 0 Å². The van der Waals surface area contributed by atoms with Crippen molar-refractivity contribution in [3.8, 4) is 0 Å². The van der Waals surface area contributed by atoms with Gasteiger partial charge in [-0.05, 0) is 37.5 Å². The van der Waals surface area contributed by atoms with E-state index in [1.807, 2.05) is 6.07 Å². The van der Waals surface area contributed by atoms with E-state index in [9.17, 15) is 19.5 Å². The van der Waals surface area contributed by atoms with Crippen LogP contribution in [0, 0.1) is 0 Å². The van der Waals surface area contributed by atoms with Gasteiger partial charge in [0, 0.05) is 13.1 Å². The Hall–Kier alpha value is -2.25. The van der Waals surface area contributed by atoms with Crippen molar-refractivity contribution < 1.29 is 24.2 Å². The molecule has 0 spiro atoms. The highest BCUT2D eigenvalue weighted by Gasteiger charge is 2.33. The molecule has 2 amide bonds. The van der Waals surface area contributed by atoms with Gasteiger partial charge in [-0.2, -0.15) is 0 Å². The maximum Gasteiger partial charge on any atom is 0.307 e. The van der Waals surface area contributed by atoms with Crippen molar-refractivity contribution in [2.75, 3.05) is 26.2 Å². The van der Waals surface area contributed by atoms with E-state index in [0.29, 0.717) is 29.4 Å². The van der Waals surface area contributed by atoms with Crippen molar-refractivity contribution in [1.29, 1.82) is 0 Å². The third-order valence-corrected chi connectivity index (χ3v) is 4.94. The van der Waals surface area contributed by atoms with Gasteiger partial charge in [0.25, 0.3) is 11.8 Å². The van der Waals surface area contributed by atoms with Crippen LogP contribution in [-0.2, 0) is 25.5 Å². The summed E-state index contributed by atoms with van der Waals surface area (Å²) in [6.07, 6.45) is 1.34. The number of nitrogens with one attached hydrogen (secondary N) is 1. The first kappa shape index (κ1) is 22.0. The smallest absolute Gasteiger partial charge is 0.307 e. The van der Waals surface area contributed by atoms with Crippen molar-refractivity contribution in [3.05, 3.63) is 45.1 Å². The van der Waals surface area contributed by atoms with Gasteiger partial charge in [0.05, 0.1) is 35.2 Å². The maximum atomic E-state index is 12.3. The van der Waals surface area contributed by atoms with Crippen molar-refractivity contribution in [1.82, 2.24) is 10.2 Å². The number of ether oxygens (including phenoxy) is 1. The summed E-state index contributed by atoms with van der Waals surface area (Å²) in [5, 5.41) is 13.6. The molecule has 0 saturated heterocycles. The van der Waals surface area contributed by atoms with Crippen LogP contribution in [-0.4, -0.2) is 54.0 Å². The molecule has 2 rings (SSSR count). The second kappa shape index (κ2) is 10.3. The van der Waals surface area contributed by atoms with E-state index in [2.05, 4.69) is 5.32 Å². The molecule has 1 aromatic rings. The van der Waals surface area contributed by atoms with Crippen molar-refractivity contribution in [2.24, 2.45) is 0 Å². The number of rotatable bonds is 9. The lowest BCUT2D eigenvalue weighted by molar-refractivity contribution is -0.143. The summed E-state index contributed by atoms with van der Waals surface area (Å²) in [7, 11) is 0. The number of esters is 1. The minimum absolute atomic E-state index is 0.00314. The molecular weight excluding hydrogens is 407 g/mol. The van der Waals surface area contributed by atoms with Crippen LogP contribution in [0.25, 0.3) is 0 Å². The minimum Gasteiger partial charge on any atom is -0.503 e. The highest BCUT2D eigenvalue weighted by atomic mass is 35.5. The number of amides is 2. The molecule has 2 N–H and O–H groups in total. The molecule has 152 valence electrons. The first-order chi connectivity index (χ1) is 13.3. The molecule has 0 unspecified atom stereocenters. The van der Waals surface area contributed by atoms with Gasteiger partial charge in [-0.3, -0.25) is 14.4 Å². The number of aliphatic hydroxyl groups is 1. The number of halogens is 2. The SMILES string of the molecule is CCOC(=O)CCN1CC(C(=O)NCCCc2ccc(Cl)c(Cl)c2)=C(O)C1=O. The first-order valence-electron chi connectivity index (χ1n) is 8.92. The summed E-state index contributed by atoms with van der Waals surface area (Å²) < 4.78 is 4.81. The lowest BCUT2D eigenvalue weighted by atomic mass is 10.1. The van der Waals surface area contributed by atoms with Gasteiger partial charge in [-0.25, -0.2) is 0 Å². The lowest BCUT2D eigenvalue weighted by Crippen LogP contribution is -2.32. The van der Waals surface area contributed by atoms with Crippen LogP contribution in [0.4, 0.5) is 0 Å². The Kier molecular flexibility index (Phi) is 8.14. The fourth-order valence-electron chi connectivity index (χ4n) is 2.73. The molecule has 1 aliphatic rings. The molecule has 0 aromatic heterocycles. The predicted octanol–water partition coefficient (Wildman–Crippen LogP) is 2.65. The summed E-state index contributed by atoms with van der Waals surface area (Å²) in [5.74, 6) is -2.18. The van der Waals surface area contributed by atoms with E-state index in [-0.39, 0.29) is 31.7 Å². The molecule has 1 heterocycles. The van der Waals surface area contributed by atoms with Crippen LogP contribution >= 0.6 is 23.2 Å². The summed E-state index contributed by atoms with van der Waals surface area (Å²) in [4.78, 5) is 36.9. The molecule has 0 saturated carbocycles. The lowest BCUT2D eigenvalue weighted by Gasteiger charge is -2.15. The van der Waals surface area contributed by atoms with Crippen LogP contribution in [0.15, 0.2) is 29.5 Å². The van der Waals surface area contributed by atoms with Crippen LogP contribution in [0.5, 0.6) is 0 Å². The Bertz CT molecular complexity index is 795. The molecule has 1 aliphatic heterocycles. The Balaban J connectivity index is 1.79. The highest BCUT2D eigenvalue weighted by Crippen LogP contribution is 2.23. The van der Waals surface area contributed by atoms with Gasteiger partial charge in [-0.1, -0.05) is 29.3 Å². The average Bonchev–Trinajstić information content (AvgIpc) is 2.95. The summed E-state index contributed by atoms with van der Waals surface area (Å²) >= 11 is 11.8. The van der Waals surface area contributed by atoms with Crippen LogP contribution < -0.4 is 5.32 Å². The van der Waals surface area contributed by atoms with E-state index < -0.39 is 23.5 Å². The molecular formula is C19H22Cl2N2O5. The van der Waals surface area contributed by atoms with E-state index in [1.54, 1.807) is 19.1 Å². The molecule has 0 aliphatic carbocycles. The van der Waals surface area contributed by atoms with Gasteiger partial charge in [-0.15, -0.1) is 0 Å². The van der Waals surface area contributed by atoms with Crippen LogP contribution in [0.3, 0.4) is 0 Å². The third kappa shape index (κ3) is 5.87. The topological polar surface area (TPSA) is 95.9 Å². The standard InChI is InChI=1S/C19H22Cl2N2O5/c1-2-28-16(24)7-9-23-11-13(17(25)19(23)27)18(26)22-8-3-4-12-5-6-14(20)15(21)10-12/h5-6,10,25H,2-4,7-9,11H2,1H3,(H,22,26). The number of aliphatic hydroxyl groups excluding tert-OH is 1. The Morgan fingerprint density at radius 1 is 1.29 bits per heavy atom. The normalized spacial score (nSPS) is 13.8. The maximum absolute atomic E-state index is 12.3. The van der Waals surface area contributed by atoms with Gasteiger partial charge >= 0.3 is 5.97 Å².